The zero-order valence-corrected chi connectivity index (χ0v) is 18.7. The lowest BCUT2D eigenvalue weighted by molar-refractivity contribution is -0.121. The quantitative estimate of drug-likeness (QED) is 0.187. The molecule has 2 fully saturated rings. The maximum atomic E-state index is 11.9. The van der Waals surface area contributed by atoms with Crippen LogP contribution >= 0.6 is 11.8 Å². The molecule has 3 amide bonds. The summed E-state index contributed by atoms with van der Waals surface area (Å²) in [6, 6.07) is 1.38. The van der Waals surface area contributed by atoms with Crippen molar-refractivity contribution < 1.29 is 14.4 Å². The van der Waals surface area contributed by atoms with Gasteiger partial charge in [-0.15, -0.1) is 0 Å². The number of amides is 3. The molecule has 2 aliphatic rings. The average molecular weight is 417 g/mol. The van der Waals surface area contributed by atoms with Gasteiger partial charge in [0.15, 0.2) is 8.32 Å². The smallest absolute Gasteiger partial charge is 0.315 e. The first-order valence-electron chi connectivity index (χ1n) is 10.1. The van der Waals surface area contributed by atoms with Crippen LogP contribution < -0.4 is 21.3 Å². The molecule has 0 aliphatic carbocycles. The summed E-state index contributed by atoms with van der Waals surface area (Å²) in [5.41, 5.74) is 0. The number of carbonyl (C=O) groups excluding carboxylic acids is 2. The third-order valence-electron chi connectivity index (χ3n) is 5.05. The predicted molar refractivity (Wildman–Crippen MR) is 114 cm³/mol. The van der Waals surface area contributed by atoms with Gasteiger partial charge >= 0.3 is 6.03 Å². The van der Waals surface area contributed by atoms with Crippen molar-refractivity contribution in [2.45, 2.75) is 69.1 Å². The van der Waals surface area contributed by atoms with E-state index in [9.17, 15) is 14.4 Å². The number of hydrogen-bond donors (Lipinski definition) is 5. The molecule has 7 nitrogen and oxygen atoms in total. The Hall–Kier alpha value is -0.773. The largest absolute Gasteiger partial charge is 0.432 e. The van der Waals surface area contributed by atoms with Crippen LogP contribution in [-0.2, 0) is 4.79 Å². The van der Waals surface area contributed by atoms with E-state index in [0.29, 0.717) is 24.1 Å². The van der Waals surface area contributed by atoms with Gasteiger partial charge in [-0.25, -0.2) is 4.79 Å². The molecule has 27 heavy (non-hydrogen) atoms. The molecule has 4 atom stereocenters. The van der Waals surface area contributed by atoms with Crippen LogP contribution in [0.5, 0.6) is 0 Å². The van der Waals surface area contributed by atoms with Gasteiger partial charge in [0.2, 0.25) is 5.91 Å². The van der Waals surface area contributed by atoms with Crippen molar-refractivity contribution in [2.24, 2.45) is 5.92 Å². The van der Waals surface area contributed by atoms with Crippen molar-refractivity contribution in [3.63, 3.8) is 0 Å². The van der Waals surface area contributed by atoms with E-state index in [1.54, 1.807) is 0 Å². The van der Waals surface area contributed by atoms with Crippen molar-refractivity contribution >= 4 is 32.0 Å². The molecule has 0 spiro atoms. The molecule has 2 heterocycles. The van der Waals surface area contributed by atoms with E-state index in [1.165, 1.54) is 0 Å². The Balaban J connectivity index is 1.44. The standard InChI is InChI=1S/C18H36N4O3SSi/c1-13(12-27(2,3)25)10-19-8-9-20-16(23)7-5-4-6-15-17-14(11-26-15)21-18(24)22-17/h13-15,17,19,25H,4-12H2,1-3H3,(H,20,23)(H2,21,22,24). The Morgan fingerprint density at radius 2 is 2.11 bits per heavy atom. The van der Waals surface area contributed by atoms with Gasteiger partial charge in [-0.2, -0.15) is 11.8 Å². The van der Waals surface area contributed by atoms with Crippen molar-refractivity contribution in [2.75, 3.05) is 25.4 Å². The highest BCUT2D eigenvalue weighted by molar-refractivity contribution is 8.00. The minimum absolute atomic E-state index is 0.0418. The van der Waals surface area contributed by atoms with Crippen molar-refractivity contribution in [1.29, 1.82) is 0 Å². The fraction of sp³-hybridized carbons (Fsp3) is 0.889. The van der Waals surface area contributed by atoms with Gasteiger partial charge in [-0.1, -0.05) is 13.3 Å². The van der Waals surface area contributed by atoms with Crippen molar-refractivity contribution in [3.05, 3.63) is 0 Å². The molecule has 4 unspecified atom stereocenters. The lowest BCUT2D eigenvalue weighted by atomic mass is 10.0. The Morgan fingerprint density at radius 3 is 2.85 bits per heavy atom. The minimum Gasteiger partial charge on any atom is -0.432 e. The fourth-order valence-electron chi connectivity index (χ4n) is 3.93. The van der Waals surface area contributed by atoms with Gasteiger partial charge in [0.05, 0.1) is 12.1 Å². The summed E-state index contributed by atoms with van der Waals surface area (Å²) in [6.45, 7) is 8.36. The molecule has 0 radical (unpaired) electrons. The molecule has 0 bridgehead atoms. The lowest BCUT2D eigenvalue weighted by Gasteiger charge is -2.20. The Labute approximate surface area is 168 Å². The van der Waals surface area contributed by atoms with Gasteiger partial charge in [-0.05, 0) is 44.4 Å². The maximum Gasteiger partial charge on any atom is 0.315 e. The molecule has 2 aliphatic heterocycles. The van der Waals surface area contributed by atoms with Crippen LogP contribution in [0.4, 0.5) is 4.79 Å². The molecule has 5 N–H and O–H groups in total. The molecular formula is C18H36N4O3SSi. The fourth-order valence-corrected chi connectivity index (χ4v) is 7.32. The zero-order chi connectivity index (χ0) is 19.9. The van der Waals surface area contributed by atoms with Crippen LogP contribution in [0.1, 0.15) is 32.6 Å². The first-order chi connectivity index (χ1) is 12.7. The predicted octanol–water partition coefficient (Wildman–Crippen LogP) is 1.25. The normalized spacial score (nSPS) is 25.6. The Morgan fingerprint density at radius 1 is 1.33 bits per heavy atom. The zero-order valence-electron chi connectivity index (χ0n) is 16.8. The number of urea groups is 1. The van der Waals surface area contributed by atoms with E-state index in [4.69, 9.17) is 0 Å². The summed E-state index contributed by atoms with van der Waals surface area (Å²) in [4.78, 5) is 33.2. The molecule has 0 aromatic heterocycles. The molecule has 0 aromatic carbocycles. The second kappa shape index (κ2) is 10.7. The summed E-state index contributed by atoms with van der Waals surface area (Å²) in [5.74, 6) is 1.56. The maximum absolute atomic E-state index is 11.9. The van der Waals surface area contributed by atoms with Crippen molar-refractivity contribution in [1.82, 2.24) is 21.3 Å². The monoisotopic (exact) mass is 416 g/mol. The van der Waals surface area contributed by atoms with Crippen LogP contribution in [0.3, 0.4) is 0 Å². The van der Waals surface area contributed by atoms with Crippen LogP contribution in [0, 0.1) is 5.92 Å². The molecule has 156 valence electrons. The first kappa shape index (κ1) is 22.5. The van der Waals surface area contributed by atoms with E-state index in [0.717, 1.165) is 44.1 Å². The second-order valence-electron chi connectivity index (χ2n) is 8.54. The number of hydrogen-bond acceptors (Lipinski definition) is 5. The van der Waals surface area contributed by atoms with Crippen LogP contribution in [-0.4, -0.2) is 67.8 Å². The summed E-state index contributed by atoms with van der Waals surface area (Å²) in [5, 5.41) is 12.7. The summed E-state index contributed by atoms with van der Waals surface area (Å²) in [6.07, 6.45) is 3.52. The van der Waals surface area contributed by atoms with Crippen LogP contribution in [0.15, 0.2) is 0 Å². The number of unbranched alkanes of at least 4 members (excludes halogenated alkanes) is 1. The third-order valence-corrected chi connectivity index (χ3v) is 8.25. The van der Waals surface area contributed by atoms with Gasteiger partial charge in [0.1, 0.15) is 0 Å². The van der Waals surface area contributed by atoms with Crippen molar-refractivity contribution in [3.8, 4) is 0 Å². The van der Waals surface area contributed by atoms with E-state index in [2.05, 4.69) is 28.2 Å². The lowest BCUT2D eigenvalue weighted by Crippen LogP contribution is -2.36. The van der Waals surface area contributed by atoms with E-state index < -0.39 is 8.32 Å². The summed E-state index contributed by atoms with van der Waals surface area (Å²) in [7, 11) is -1.98. The average Bonchev–Trinajstić information content (AvgIpc) is 3.09. The highest BCUT2D eigenvalue weighted by Crippen LogP contribution is 2.33. The molecule has 2 rings (SSSR count). The van der Waals surface area contributed by atoms with E-state index >= 15 is 0 Å². The summed E-state index contributed by atoms with van der Waals surface area (Å²) < 4.78 is 0. The van der Waals surface area contributed by atoms with Gasteiger partial charge < -0.3 is 26.1 Å². The summed E-state index contributed by atoms with van der Waals surface area (Å²) >= 11 is 1.92. The molecule has 0 aromatic rings. The SMILES string of the molecule is CC(CNCCNC(=O)CCCCC1SCC2NC(=O)NC21)C[Si](C)(C)O. The molecule has 0 saturated carbocycles. The number of thioether (sulfide) groups is 1. The van der Waals surface area contributed by atoms with Crippen LogP contribution in [0.2, 0.25) is 19.1 Å². The Kier molecular flexibility index (Phi) is 8.91. The van der Waals surface area contributed by atoms with Crippen LogP contribution in [0.25, 0.3) is 0 Å². The third kappa shape index (κ3) is 8.41. The van der Waals surface area contributed by atoms with E-state index in [-0.39, 0.29) is 24.0 Å². The number of rotatable bonds is 12. The number of carbonyl (C=O) groups is 2. The number of fused-ring (bicyclic) bond motifs is 1. The van der Waals surface area contributed by atoms with Gasteiger partial charge in [-0.3, -0.25) is 4.79 Å². The molecule has 2 saturated heterocycles. The Bertz CT molecular complexity index is 503. The second-order valence-corrected chi connectivity index (χ2v) is 13.8. The highest BCUT2D eigenvalue weighted by Gasteiger charge is 2.42. The highest BCUT2D eigenvalue weighted by atomic mass is 32.2. The minimum atomic E-state index is -1.98. The molecular weight excluding hydrogens is 380 g/mol. The molecule has 9 heteroatoms. The topological polar surface area (TPSA) is 102 Å². The first-order valence-corrected chi connectivity index (χ1v) is 14.3. The van der Waals surface area contributed by atoms with E-state index in [1.807, 2.05) is 24.9 Å². The van der Waals surface area contributed by atoms with Gasteiger partial charge in [0, 0.05) is 30.5 Å². The van der Waals surface area contributed by atoms with Gasteiger partial charge in [0.25, 0.3) is 0 Å². The number of nitrogens with one attached hydrogen (secondary N) is 4.